The van der Waals surface area contributed by atoms with Crippen LogP contribution in [0.15, 0.2) is 23.2 Å². The highest BCUT2D eigenvalue weighted by Gasteiger charge is 2.22. The van der Waals surface area contributed by atoms with Crippen LogP contribution >= 0.6 is 24.0 Å². The molecule has 0 aliphatic carbocycles. The van der Waals surface area contributed by atoms with Crippen molar-refractivity contribution >= 4 is 41.7 Å². The van der Waals surface area contributed by atoms with E-state index in [9.17, 15) is 4.79 Å². The van der Waals surface area contributed by atoms with E-state index < -0.39 is 0 Å². The Balaban J connectivity index is 0.00000392. The second-order valence-corrected chi connectivity index (χ2v) is 6.85. The molecule has 0 radical (unpaired) electrons. The van der Waals surface area contributed by atoms with Gasteiger partial charge in [0, 0.05) is 46.3 Å². The summed E-state index contributed by atoms with van der Waals surface area (Å²) in [5.41, 5.74) is 0.429. The van der Waals surface area contributed by atoms with Crippen molar-refractivity contribution in [3.63, 3.8) is 0 Å². The van der Waals surface area contributed by atoms with Gasteiger partial charge in [-0.3, -0.25) is 4.79 Å². The third-order valence-electron chi connectivity index (χ3n) is 4.60. The van der Waals surface area contributed by atoms with E-state index >= 15 is 0 Å². The normalized spacial score (nSPS) is 15.3. The number of amides is 1. The molecular formula is C19H30IN7O. The highest BCUT2D eigenvalue weighted by atomic mass is 127. The van der Waals surface area contributed by atoms with Gasteiger partial charge >= 0.3 is 0 Å². The minimum Gasteiger partial charge on any atom is -0.354 e. The fourth-order valence-electron chi connectivity index (χ4n) is 2.65. The summed E-state index contributed by atoms with van der Waals surface area (Å²) >= 11 is 0. The quantitative estimate of drug-likeness (QED) is 0.376. The number of nitrogens with zero attached hydrogens (tertiary/aromatic N) is 6. The molecule has 0 bridgehead atoms. The number of likely N-dealkylation sites (N-methyl/N-ethyl adjacent to an activating group) is 1. The topological polar surface area (TPSA) is 87.9 Å². The Morgan fingerprint density at radius 1 is 1.36 bits per heavy atom. The molecule has 1 aliphatic rings. The van der Waals surface area contributed by atoms with Gasteiger partial charge in [0.05, 0.1) is 0 Å². The summed E-state index contributed by atoms with van der Waals surface area (Å²) in [5, 5.41) is 12.5. The number of pyridine rings is 1. The van der Waals surface area contributed by atoms with Gasteiger partial charge in [-0.1, -0.05) is 13.0 Å². The highest BCUT2D eigenvalue weighted by molar-refractivity contribution is 14.0. The highest BCUT2D eigenvalue weighted by Crippen LogP contribution is 2.14. The molecule has 8 nitrogen and oxygen atoms in total. The van der Waals surface area contributed by atoms with E-state index in [1.54, 1.807) is 25.1 Å². The third-order valence-corrected chi connectivity index (χ3v) is 4.60. The van der Waals surface area contributed by atoms with Crippen molar-refractivity contribution in [2.75, 3.05) is 51.7 Å². The smallest absolute Gasteiger partial charge is 0.243 e. The van der Waals surface area contributed by atoms with Crippen LogP contribution in [0, 0.1) is 11.3 Å². The molecule has 1 fully saturated rings. The molecule has 1 amide bonds. The SMILES string of the molecule is CCC(C)NC(=NCC(=O)N(C)C)N1CCN(c2cccc(C#N)n2)CC1.I. The Morgan fingerprint density at radius 2 is 2.04 bits per heavy atom. The van der Waals surface area contributed by atoms with Crippen LogP contribution in [0.1, 0.15) is 26.0 Å². The average Bonchev–Trinajstić information content (AvgIpc) is 2.70. The summed E-state index contributed by atoms with van der Waals surface area (Å²) in [6.45, 7) is 7.48. The predicted molar refractivity (Wildman–Crippen MR) is 122 cm³/mol. The monoisotopic (exact) mass is 499 g/mol. The summed E-state index contributed by atoms with van der Waals surface area (Å²) in [5.74, 6) is 1.58. The summed E-state index contributed by atoms with van der Waals surface area (Å²) in [4.78, 5) is 26.7. The van der Waals surface area contributed by atoms with Crippen molar-refractivity contribution in [1.29, 1.82) is 5.26 Å². The lowest BCUT2D eigenvalue weighted by atomic mass is 10.2. The van der Waals surface area contributed by atoms with Gasteiger partial charge in [0.15, 0.2) is 5.96 Å². The zero-order valence-electron chi connectivity index (χ0n) is 17.1. The van der Waals surface area contributed by atoms with Crippen LogP contribution in [0.5, 0.6) is 0 Å². The molecule has 0 spiro atoms. The Morgan fingerprint density at radius 3 is 2.61 bits per heavy atom. The van der Waals surface area contributed by atoms with E-state index in [4.69, 9.17) is 5.26 Å². The first kappa shape index (κ1) is 23.9. The molecule has 1 saturated heterocycles. The molecule has 1 aromatic rings. The number of piperazine rings is 1. The van der Waals surface area contributed by atoms with Gasteiger partial charge in [-0.25, -0.2) is 9.98 Å². The Kier molecular flexibility index (Phi) is 9.99. The summed E-state index contributed by atoms with van der Waals surface area (Å²) in [6, 6.07) is 7.87. The molecule has 9 heteroatoms. The van der Waals surface area contributed by atoms with Gasteiger partial charge in [-0.05, 0) is 25.5 Å². The predicted octanol–water partition coefficient (Wildman–Crippen LogP) is 1.53. The number of carbonyl (C=O) groups excluding carboxylic acids is 1. The molecular weight excluding hydrogens is 469 g/mol. The van der Waals surface area contributed by atoms with E-state index in [1.807, 2.05) is 12.1 Å². The van der Waals surface area contributed by atoms with Gasteiger partial charge in [-0.2, -0.15) is 5.26 Å². The van der Waals surface area contributed by atoms with Crippen molar-refractivity contribution in [2.45, 2.75) is 26.3 Å². The summed E-state index contributed by atoms with van der Waals surface area (Å²) < 4.78 is 0. The number of rotatable bonds is 5. The first-order valence-electron chi connectivity index (χ1n) is 9.32. The number of guanidine groups is 1. The molecule has 1 atom stereocenters. The number of hydrogen-bond donors (Lipinski definition) is 1. The van der Waals surface area contributed by atoms with Crippen LogP contribution in [-0.2, 0) is 4.79 Å². The van der Waals surface area contributed by atoms with Crippen molar-refractivity contribution in [1.82, 2.24) is 20.1 Å². The van der Waals surface area contributed by atoms with Crippen LogP contribution in [0.2, 0.25) is 0 Å². The van der Waals surface area contributed by atoms with Crippen LogP contribution in [0.3, 0.4) is 0 Å². The van der Waals surface area contributed by atoms with Crippen molar-refractivity contribution in [2.24, 2.45) is 4.99 Å². The van der Waals surface area contributed by atoms with E-state index in [1.165, 1.54) is 0 Å². The lowest BCUT2D eigenvalue weighted by Crippen LogP contribution is -2.54. The summed E-state index contributed by atoms with van der Waals surface area (Å²) in [7, 11) is 3.47. The second-order valence-electron chi connectivity index (χ2n) is 6.85. The molecule has 0 aromatic carbocycles. The summed E-state index contributed by atoms with van der Waals surface area (Å²) in [6.07, 6.45) is 0.978. The number of halogens is 1. The lowest BCUT2D eigenvalue weighted by Gasteiger charge is -2.37. The maximum atomic E-state index is 11.9. The van der Waals surface area contributed by atoms with Crippen LogP contribution in [-0.4, -0.2) is 79.5 Å². The number of anilines is 1. The van der Waals surface area contributed by atoms with E-state index in [0.29, 0.717) is 5.69 Å². The van der Waals surface area contributed by atoms with E-state index in [-0.39, 0.29) is 42.5 Å². The number of hydrogen-bond acceptors (Lipinski definition) is 5. The zero-order chi connectivity index (χ0) is 19.8. The second kappa shape index (κ2) is 11.7. The molecule has 2 rings (SSSR count). The Hall–Kier alpha value is -2.09. The van der Waals surface area contributed by atoms with Crippen molar-refractivity contribution in [3.8, 4) is 6.07 Å². The van der Waals surface area contributed by atoms with Crippen LogP contribution in [0.4, 0.5) is 5.82 Å². The number of aliphatic imine (C=N–C) groups is 1. The molecule has 1 aromatic heterocycles. The molecule has 1 N–H and O–H groups in total. The van der Waals surface area contributed by atoms with Gasteiger partial charge in [0.1, 0.15) is 24.1 Å². The number of aromatic nitrogens is 1. The molecule has 154 valence electrons. The third kappa shape index (κ3) is 6.82. The fourth-order valence-corrected chi connectivity index (χ4v) is 2.65. The Bertz CT molecular complexity index is 708. The molecule has 1 unspecified atom stereocenters. The zero-order valence-corrected chi connectivity index (χ0v) is 19.4. The minimum atomic E-state index is -0.0189. The van der Waals surface area contributed by atoms with Crippen molar-refractivity contribution < 1.29 is 4.79 Å². The lowest BCUT2D eigenvalue weighted by molar-refractivity contribution is -0.127. The first-order valence-corrected chi connectivity index (χ1v) is 9.32. The fraction of sp³-hybridized carbons (Fsp3) is 0.579. The molecule has 28 heavy (non-hydrogen) atoms. The standard InChI is InChI=1S/C19H29N7O.HI/c1-5-15(2)22-19(21-14-18(27)24(3)4)26-11-9-25(10-12-26)17-8-6-7-16(13-20)23-17;/h6-8,15H,5,9-12,14H2,1-4H3,(H,21,22);1H. The number of nitriles is 1. The number of carbonyl (C=O) groups is 1. The minimum absolute atomic E-state index is 0. The Labute approximate surface area is 184 Å². The largest absolute Gasteiger partial charge is 0.354 e. The average molecular weight is 499 g/mol. The molecule has 2 heterocycles. The van der Waals surface area contributed by atoms with Gasteiger partial charge < -0.3 is 20.0 Å². The van der Waals surface area contributed by atoms with Gasteiger partial charge in [0.25, 0.3) is 0 Å². The van der Waals surface area contributed by atoms with Gasteiger partial charge in [-0.15, -0.1) is 24.0 Å². The van der Waals surface area contributed by atoms with Crippen LogP contribution < -0.4 is 10.2 Å². The molecule has 0 saturated carbocycles. The maximum Gasteiger partial charge on any atom is 0.243 e. The van der Waals surface area contributed by atoms with E-state index in [2.05, 4.69) is 45.0 Å². The van der Waals surface area contributed by atoms with Gasteiger partial charge in [0.2, 0.25) is 5.91 Å². The molecule has 1 aliphatic heterocycles. The first-order chi connectivity index (χ1) is 12.9. The number of nitrogens with one attached hydrogen (secondary N) is 1. The van der Waals surface area contributed by atoms with E-state index in [0.717, 1.165) is 44.4 Å². The maximum absolute atomic E-state index is 11.9. The van der Waals surface area contributed by atoms with Crippen LogP contribution in [0.25, 0.3) is 0 Å². The van der Waals surface area contributed by atoms with Crippen molar-refractivity contribution in [3.05, 3.63) is 23.9 Å².